The summed E-state index contributed by atoms with van der Waals surface area (Å²) in [6.07, 6.45) is -2.50. The van der Waals surface area contributed by atoms with Gasteiger partial charge in [-0.05, 0) is 13.5 Å². The molecule has 0 saturated heterocycles. The summed E-state index contributed by atoms with van der Waals surface area (Å²) in [4.78, 5) is 8.42. The van der Waals surface area contributed by atoms with Crippen molar-refractivity contribution in [3.8, 4) is 0 Å². The third kappa shape index (κ3) is 3.77. The van der Waals surface area contributed by atoms with E-state index in [2.05, 4.69) is 15.3 Å². The molecule has 0 spiro atoms. The number of alkyl halides is 3. The minimum atomic E-state index is -4.38. The molecule has 2 aromatic rings. The molecule has 110 valence electrons. The van der Waals surface area contributed by atoms with E-state index in [1.165, 1.54) is 17.5 Å². The Kier molecular flexibility index (Phi) is 4.77. The fourth-order valence-electron chi connectivity index (χ4n) is 1.77. The molecule has 0 aromatic carbocycles. The fourth-order valence-corrected chi connectivity index (χ4v) is 3.45. The van der Waals surface area contributed by atoms with Crippen LogP contribution in [0.15, 0.2) is 11.6 Å². The number of likely N-dealkylation sites (N-methyl/N-ethyl adjacent to an activating group) is 1. The molecular formula is C12H14F3N3S2. The number of halogens is 3. The van der Waals surface area contributed by atoms with E-state index in [9.17, 15) is 13.2 Å². The van der Waals surface area contributed by atoms with Crippen molar-refractivity contribution in [1.29, 1.82) is 0 Å². The van der Waals surface area contributed by atoms with Gasteiger partial charge in [0.25, 0.3) is 0 Å². The van der Waals surface area contributed by atoms with Gasteiger partial charge in [0.2, 0.25) is 0 Å². The maximum Gasteiger partial charge on any atom is 0.443 e. The number of thiazole rings is 2. The lowest BCUT2D eigenvalue weighted by molar-refractivity contribution is -0.137. The summed E-state index contributed by atoms with van der Waals surface area (Å²) in [7, 11) is 0. The molecule has 1 atom stereocenters. The van der Waals surface area contributed by atoms with Crippen LogP contribution in [0.5, 0.6) is 0 Å². The molecule has 2 aromatic heterocycles. The lowest BCUT2D eigenvalue weighted by atomic mass is 10.2. The van der Waals surface area contributed by atoms with Gasteiger partial charge in [0.15, 0.2) is 5.01 Å². The number of nitrogens with one attached hydrogen (secondary N) is 1. The number of hydrogen-bond donors (Lipinski definition) is 1. The standard InChI is InChI=1S/C12H14F3N3S2/c1-3-16-8(4-10-18-7(2)6-19-10)9-5-17-11(20-9)12(13,14)15/h5-6,8,16H,3-4H2,1-2H3. The Balaban J connectivity index is 2.17. The van der Waals surface area contributed by atoms with Crippen LogP contribution in [-0.2, 0) is 12.6 Å². The van der Waals surface area contributed by atoms with E-state index in [4.69, 9.17) is 0 Å². The van der Waals surface area contributed by atoms with Crippen molar-refractivity contribution in [2.24, 2.45) is 0 Å². The zero-order valence-electron chi connectivity index (χ0n) is 11.0. The highest BCUT2D eigenvalue weighted by Gasteiger charge is 2.35. The Morgan fingerprint density at radius 3 is 2.65 bits per heavy atom. The maximum absolute atomic E-state index is 12.6. The molecule has 0 saturated carbocycles. The summed E-state index contributed by atoms with van der Waals surface area (Å²) < 4.78 is 37.8. The van der Waals surface area contributed by atoms with Gasteiger partial charge in [-0.2, -0.15) is 13.2 Å². The summed E-state index contributed by atoms with van der Waals surface area (Å²) in [5.41, 5.74) is 0.931. The van der Waals surface area contributed by atoms with Crippen molar-refractivity contribution >= 4 is 22.7 Å². The van der Waals surface area contributed by atoms with Crippen LogP contribution in [0.3, 0.4) is 0 Å². The van der Waals surface area contributed by atoms with Gasteiger partial charge in [0, 0.05) is 34.6 Å². The Hall–Kier alpha value is -0.990. The number of nitrogens with zero attached hydrogens (tertiary/aromatic N) is 2. The average Bonchev–Trinajstić information content (AvgIpc) is 2.96. The van der Waals surface area contributed by atoms with Gasteiger partial charge in [-0.15, -0.1) is 22.7 Å². The maximum atomic E-state index is 12.6. The second-order valence-corrected chi connectivity index (χ2v) is 6.27. The molecule has 1 unspecified atom stereocenters. The lowest BCUT2D eigenvalue weighted by Crippen LogP contribution is -2.22. The summed E-state index contributed by atoms with van der Waals surface area (Å²) in [6.45, 7) is 4.50. The van der Waals surface area contributed by atoms with Crippen LogP contribution in [0, 0.1) is 6.92 Å². The van der Waals surface area contributed by atoms with Gasteiger partial charge in [-0.3, -0.25) is 0 Å². The summed E-state index contributed by atoms with van der Waals surface area (Å²) in [5, 5.41) is 5.24. The van der Waals surface area contributed by atoms with E-state index in [0.29, 0.717) is 29.2 Å². The SMILES string of the molecule is CCNC(Cc1nc(C)cs1)c1cnc(C(F)(F)F)s1. The van der Waals surface area contributed by atoms with Crippen LogP contribution in [0.1, 0.15) is 33.6 Å². The molecule has 1 N–H and O–H groups in total. The lowest BCUT2D eigenvalue weighted by Gasteiger charge is -2.14. The van der Waals surface area contributed by atoms with Crippen LogP contribution in [0.25, 0.3) is 0 Å². The summed E-state index contributed by atoms with van der Waals surface area (Å²) in [5.74, 6) is 0. The number of rotatable bonds is 5. The summed E-state index contributed by atoms with van der Waals surface area (Å²) >= 11 is 2.21. The largest absolute Gasteiger partial charge is 0.443 e. The minimum Gasteiger partial charge on any atom is -0.309 e. The van der Waals surface area contributed by atoms with Crippen LogP contribution in [0.2, 0.25) is 0 Å². The van der Waals surface area contributed by atoms with Gasteiger partial charge in [-0.1, -0.05) is 6.92 Å². The predicted molar refractivity (Wildman–Crippen MR) is 74.1 cm³/mol. The normalized spacial score (nSPS) is 13.7. The Morgan fingerprint density at radius 1 is 1.40 bits per heavy atom. The second-order valence-electron chi connectivity index (χ2n) is 4.26. The van der Waals surface area contributed by atoms with Crippen LogP contribution >= 0.6 is 22.7 Å². The van der Waals surface area contributed by atoms with Crippen molar-refractivity contribution in [3.05, 3.63) is 32.2 Å². The zero-order valence-corrected chi connectivity index (χ0v) is 12.6. The molecule has 3 nitrogen and oxygen atoms in total. The highest BCUT2D eigenvalue weighted by atomic mass is 32.1. The Bertz CT molecular complexity index is 562. The zero-order chi connectivity index (χ0) is 14.8. The van der Waals surface area contributed by atoms with Gasteiger partial charge < -0.3 is 5.32 Å². The van der Waals surface area contributed by atoms with Crippen molar-refractivity contribution in [3.63, 3.8) is 0 Å². The molecule has 0 bridgehead atoms. The Morgan fingerprint density at radius 2 is 2.15 bits per heavy atom. The smallest absolute Gasteiger partial charge is 0.309 e. The highest BCUT2D eigenvalue weighted by Crippen LogP contribution is 2.35. The molecule has 0 amide bonds. The predicted octanol–water partition coefficient (Wildman–Crippen LogP) is 3.82. The molecule has 0 radical (unpaired) electrons. The second kappa shape index (κ2) is 6.19. The minimum absolute atomic E-state index is 0.181. The fraction of sp³-hybridized carbons (Fsp3) is 0.500. The van der Waals surface area contributed by atoms with E-state index in [1.54, 1.807) is 0 Å². The third-order valence-electron chi connectivity index (χ3n) is 2.61. The van der Waals surface area contributed by atoms with Crippen molar-refractivity contribution in [1.82, 2.24) is 15.3 Å². The number of hydrogen-bond acceptors (Lipinski definition) is 5. The molecule has 0 aliphatic rings. The number of aromatic nitrogens is 2. The topological polar surface area (TPSA) is 37.8 Å². The van der Waals surface area contributed by atoms with Gasteiger partial charge >= 0.3 is 6.18 Å². The van der Waals surface area contributed by atoms with E-state index < -0.39 is 11.2 Å². The first kappa shape index (κ1) is 15.4. The Labute approximate surface area is 122 Å². The van der Waals surface area contributed by atoms with E-state index >= 15 is 0 Å². The van der Waals surface area contributed by atoms with Crippen LogP contribution < -0.4 is 5.32 Å². The van der Waals surface area contributed by atoms with Crippen molar-refractivity contribution < 1.29 is 13.2 Å². The molecule has 0 aliphatic heterocycles. The van der Waals surface area contributed by atoms with Crippen molar-refractivity contribution in [2.75, 3.05) is 6.54 Å². The van der Waals surface area contributed by atoms with E-state index in [-0.39, 0.29) is 6.04 Å². The third-order valence-corrected chi connectivity index (χ3v) is 4.75. The first-order chi connectivity index (χ1) is 9.40. The molecule has 2 heterocycles. The average molecular weight is 321 g/mol. The molecular weight excluding hydrogens is 307 g/mol. The number of aryl methyl sites for hydroxylation is 1. The van der Waals surface area contributed by atoms with Crippen LogP contribution in [0.4, 0.5) is 13.2 Å². The van der Waals surface area contributed by atoms with Gasteiger partial charge in [-0.25, -0.2) is 9.97 Å². The first-order valence-corrected chi connectivity index (χ1v) is 7.77. The van der Waals surface area contributed by atoms with Crippen molar-refractivity contribution in [2.45, 2.75) is 32.5 Å². The van der Waals surface area contributed by atoms with Crippen LogP contribution in [-0.4, -0.2) is 16.5 Å². The molecule has 0 aliphatic carbocycles. The molecule has 2 rings (SSSR count). The molecule has 20 heavy (non-hydrogen) atoms. The van der Waals surface area contributed by atoms with Gasteiger partial charge in [0.05, 0.1) is 5.01 Å². The molecule has 0 fully saturated rings. The quantitative estimate of drug-likeness (QED) is 0.910. The van der Waals surface area contributed by atoms with E-state index in [0.717, 1.165) is 10.7 Å². The summed E-state index contributed by atoms with van der Waals surface area (Å²) in [6, 6.07) is -0.181. The van der Waals surface area contributed by atoms with Gasteiger partial charge in [0.1, 0.15) is 0 Å². The molecule has 8 heteroatoms. The van der Waals surface area contributed by atoms with E-state index in [1.807, 2.05) is 19.2 Å². The highest BCUT2D eigenvalue weighted by molar-refractivity contribution is 7.11. The monoisotopic (exact) mass is 321 g/mol. The first-order valence-electron chi connectivity index (χ1n) is 6.07.